The summed E-state index contributed by atoms with van der Waals surface area (Å²) in [5.74, 6) is 0.989. The molecule has 1 aliphatic heterocycles. The number of anilines is 1. The van der Waals surface area contributed by atoms with Gasteiger partial charge in [0.15, 0.2) is 0 Å². The van der Waals surface area contributed by atoms with E-state index in [1.54, 1.807) is 0 Å². The van der Waals surface area contributed by atoms with Crippen LogP contribution in [0.25, 0.3) is 0 Å². The lowest BCUT2D eigenvalue weighted by atomic mass is 9.97. The lowest BCUT2D eigenvalue weighted by Crippen LogP contribution is -2.47. The average molecular weight is 290 g/mol. The van der Waals surface area contributed by atoms with E-state index in [1.165, 1.54) is 18.5 Å². The van der Waals surface area contributed by atoms with E-state index in [1.807, 2.05) is 0 Å². The van der Waals surface area contributed by atoms with Gasteiger partial charge >= 0.3 is 0 Å². The number of hydrogen-bond acceptors (Lipinski definition) is 3. The van der Waals surface area contributed by atoms with Crippen LogP contribution in [0.1, 0.15) is 47.0 Å². The van der Waals surface area contributed by atoms with Gasteiger partial charge in [-0.2, -0.15) is 0 Å². The fourth-order valence-electron chi connectivity index (χ4n) is 3.08. The maximum absolute atomic E-state index is 5.95. The zero-order valence-electron chi connectivity index (χ0n) is 13.9. The minimum atomic E-state index is 0.275. The summed E-state index contributed by atoms with van der Waals surface area (Å²) in [5, 5.41) is 3.58. The molecule has 118 valence electrons. The second kappa shape index (κ2) is 7.69. The topological polar surface area (TPSA) is 24.5 Å². The van der Waals surface area contributed by atoms with Crippen LogP contribution in [0.5, 0.6) is 5.75 Å². The summed E-state index contributed by atoms with van der Waals surface area (Å²) >= 11 is 0. The molecule has 0 bridgehead atoms. The molecule has 0 aromatic heterocycles. The fourth-order valence-corrected chi connectivity index (χ4v) is 3.08. The van der Waals surface area contributed by atoms with Crippen LogP contribution in [0.15, 0.2) is 24.3 Å². The summed E-state index contributed by atoms with van der Waals surface area (Å²) < 4.78 is 5.95. The second-order valence-electron chi connectivity index (χ2n) is 6.16. The second-order valence-corrected chi connectivity index (χ2v) is 6.16. The van der Waals surface area contributed by atoms with Crippen molar-refractivity contribution in [2.24, 2.45) is 0 Å². The molecule has 3 nitrogen and oxygen atoms in total. The first-order valence-corrected chi connectivity index (χ1v) is 8.40. The molecular weight excluding hydrogens is 260 g/mol. The SMILES string of the molecule is CCNC1CCN(c2cccc(OC(C)CC)c2)C(C)C1. The predicted octanol–water partition coefficient (Wildman–Crippen LogP) is 3.83. The van der Waals surface area contributed by atoms with Crippen molar-refractivity contribution in [1.29, 1.82) is 0 Å². The third-order valence-corrected chi connectivity index (χ3v) is 4.43. The lowest BCUT2D eigenvalue weighted by Gasteiger charge is -2.39. The Bertz CT molecular complexity index is 435. The molecule has 0 radical (unpaired) electrons. The highest BCUT2D eigenvalue weighted by Crippen LogP contribution is 2.28. The minimum Gasteiger partial charge on any atom is -0.491 e. The average Bonchev–Trinajstić information content (AvgIpc) is 2.48. The third kappa shape index (κ3) is 4.37. The van der Waals surface area contributed by atoms with E-state index in [0.717, 1.165) is 25.3 Å². The van der Waals surface area contributed by atoms with E-state index in [-0.39, 0.29) is 6.10 Å². The number of nitrogens with zero attached hydrogens (tertiary/aromatic N) is 1. The van der Waals surface area contributed by atoms with Crippen LogP contribution < -0.4 is 15.0 Å². The Morgan fingerprint density at radius 1 is 1.38 bits per heavy atom. The number of piperidine rings is 1. The van der Waals surface area contributed by atoms with Crippen molar-refractivity contribution in [3.63, 3.8) is 0 Å². The Morgan fingerprint density at radius 3 is 2.86 bits per heavy atom. The van der Waals surface area contributed by atoms with Crippen molar-refractivity contribution in [2.45, 2.75) is 65.1 Å². The van der Waals surface area contributed by atoms with Gasteiger partial charge in [-0.25, -0.2) is 0 Å². The largest absolute Gasteiger partial charge is 0.491 e. The Morgan fingerprint density at radius 2 is 2.19 bits per heavy atom. The smallest absolute Gasteiger partial charge is 0.121 e. The van der Waals surface area contributed by atoms with Gasteiger partial charge in [0.1, 0.15) is 5.75 Å². The standard InChI is InChI=1S/C18H30N2O/c1-5-15(4)21-18-9-7-8-17(13-18)20-11-10-16(19-6-2)12-14(20)3/h7-9,13-16,19H,5-6,10-12H2,1-4H3. The van der Waals surface area contributed by atoms with Crippen LogP contribution in [0.2, 0.25) is 0 Å². The zero-order chi connectivity index (χ0) is 15.2. The van der Waals surface area contributed by atoms with Crippen LogP contribution in [0, 0.1) is 0 Å². The van der Waals surface area contributed by atoms with Crippen molar-refractivity contribution < 1.29 is 4.74 Å². The van der Waals surface area contributed by atoms with Crippen LogP contribution in [-0.2, 0) is 0 Å². The Labute approximate surface area is 129 Å². The van der Waals surface area contributed by atoms with Crippen molar-refractivity contribution in [3.05, 3.63) is 24.3 Å². The molecule has 1 aliphatic rings. The highest BCUT2D eigenvalue weighted by Gasteiger charge is 2.25. The first kappa shape index (κ1) is 16.2. The van der Waals surface area contributed by atoms with E-state index < -0.39 is 0 Å². The number of benzene rings is 1. The molecule has 0 amide bonds. The monoisotopic (exact) mass is 290 g/mol. The first-order valence-electron chi connectivity index (χ1n) is 8.40. The number of hydrogen-bond donors (Lipinski definition) is 1. The Hall–Kier alpha value is -1.22. The fraction of sp³-hybridized carbons (Fsp3) is 0.667. The van der Waals surface area contributed by atoms with Gasteiger partial charge in [0.2, 0.25) is 0 Å². The molecule has 1 fully saturated rings. The van der Waals surface area contributed by atoms with Gasteiger partial charge in [-0.15, -0.1) is 0 Å². The molecule has 1 heterocycles. The molecule has 1 saturated heterocycles. The first-order chi connectivity index (χ1) is 10.1. The van der Waals surface area contributed by atoms with Crippen LogP contribution >= 0.6 is 0 Å². The minimum absolute atomic E-state index is 0.275. The number of nitrogens with one attached hydrogen (secondary N) is 1. The number of ether oxygens (including phenoxy) is 1. The summed E-state index contributed by atoms with van der Waals surface area (Å²) in [5.41, 5.74) is 1.29. The third-order valence-electron chi connectivity index (χ3n) is 4.43. The summed E-state index contributed by atoms with van der Waals surface area (Å²) in [6.45, 7) is 11.0. The van der Waals surface area contributed by atoms with Gasteiger partial charge in [0, 0.05) is 30.4 Å². The number of rotatable bonds is 6. The van der Waals surface area contributed by atoms with Crippen LogP contribution in [0.3, 0.4) is 0 Å². The van der Waals surface area contributed by atoms with Gasteiger partial charge in [-0.1, -0.05) is 19.9 Å². The van der Waals surface area contributed by atoms with Crippen LogP contribution in [0.4, 0.5) is 5.69 Å². The molecule has 0 aliphatic carbocycles. The Balaban J connectivity index is 2.03. The molecule has 3 unspecified atom stereocenters. The zero-order valence-corrected chi connectivity index (χ0v) is 13.9. The molecule has 3 atom stereocenters. The molecule has 1 N–H and O–H groups in total. The lowest BCUT2D eigenvalue weighted by molar-refractivity contribution is 0.217. The van der Waals surface area contributed by atoms with Crippen LogP contribution in [-0.4, -0.2) is 31.3 Å². The summed E-state index contributed by atoms with van der Waals surface area (Å²) in [6.07, 6.45) is 3.74. The van der Waals surface area contributed by atoms with Gasteiger partial charge in [-0.3, -0.25) is 0 Å². The summed E-state index contributed by atoms with van der Waals surface area (Å²) in [6, 6.07) is 9.80. The molecule has 3 heteroatoms. The van der Waals surface area contributed by atoms with Crippen molar-refractivity contribution in [3.8, 4) is 5.75 Å². The predicted molar refractivity (Wildman–Crippen MR) is 90.3 cm³/mol. The van der Waals surface area contributed by atoms with Gasteiger partial charge < -0.3 is 15.0 Å². The highest BCUT2D eigenvalue weighted by atomic mass is 16.5. The van der Waals surface area contributed by atoms with E-state index in [0.29, 0.717) is 12.1 Å². The van der Waals surface area contributed by atoms with Gasteiger partial charge in [0.25, 0.3) is 0 Å². The quantitative estimate of drug-likeness (QED) is 0.861. The molecule has 1 aromatic rings. The highest BCUT2D eigenvalue weighted by molar-refractivity contribution is 5.52. The van der Waals surface area contributed by atoms with Gasteiger partial charge in [-0.05, 0) is 51.8 Å². The molecule has 1 aromatic carbocycles. The molecule has 0 saturated carbocycles. The van der Waals surface area contributed by atoms with Crippen molar-refractivity contribution >= 4 is 5.69 Å². The van der Waals surface area contributed by atoms with Crippen molar-refractivity contribution in [2.75, 3.05) is 18.0 Å². The van der Waals surface area contributed by atoms with E-state index >= 15 is 0 Å². The van der Waals surface area contributed by atoms with E-state index in [9.17, 15) is 0 Å². The Kier molecular flexibility index (Phi) is 5.92. The summed E-state index contributed by atoms with van der Waals surface area (Å²) in [7, 11) is 0. The maximum atomic E-state index is 5.95. The maximum Gasteiger partial charge on any atom is 0.121 e. The molecule has 2 rings (SSSR count). The van der Waals surface area contributed by atoms with E-state index in [4.69, 9.17) is 4.74 Å². The normalized spacial score (nSPS) is 23.9. The van der Waals surface area contributed by atoms with Gasteiger partial charge in [0.05, 0.1) is 6.10 Å². The molecular formula is C18H30N2O. The van der Waals surface area contributed by atoms with Crippen molar-refractivity contribution in [1.82, 2.24) is 5.32 Å². The van der Waals surface area contributed by atoms with E-state index in [2.05, 4.69) is 62.2 Å². The molecule has 0 spiro atoms. The molecule has 21 heavy (non-hydrogen) atoms. The summed E-state index contributed by atoms with van der Waals surface area (Å²) in [4.78, 5) is 2.51.